The van der Waals surface area contributed by atoms with Crippen LogP contribution in [0.4, 0.5) is 35.1 Å². The zero-order valence-corrected chi connectivity index (χ0v) is 24.7. The first-order chi connectivity index (χ1) is 18.6. The number of ether oxygens (including phenoxy) is 2. The van der Waals surface area contributed by atoms with Crippen molar-refractivity contribution in [1.82, 2.24) is 0 Å². The summed E-state index contributed by atoms with van der Waals surface area (Å²) in [5, 5.41) is 0. The van der Waals surface area contributed by atoms with Crippen molar-refractivity contribution in [3.63, 3.8) is 0 Å². The molecule has 11 heteroatoms. The second-order valence-electron chi connectivity index (χ2n) is 8.68. The van der Waals surface area contributed by atoms with Gasteiger partial charge in [0.2, 0.25) is 0 Å². The largest absolute Gasteiger partial charge is 4.00 e. The van der Waals surface area contributed by atoms with Crippen LogP contribution in [0.15, 0.2) is 48.5 Å². The maximum absolute atomic E-state index is 12.9. The van der Waals surface area contributed by atoms with Crippen molar-refractivity contribution in [2.45, 2.75) is 53.8 Å². The molecule has 0 spiro atoms. The van der Waals surface area contributed by atoms with Gasteiger partial charge in [0, 0.05) is 0 Å². The van der Waals surface area contributed by atoms with Gasteiger partial charge in [-0.1, -0.05) is 13.8 Å². The molecule has 220 valence electrons. The van der Waals surface area contributed by atoms with E-state index in [-0.39, 0.29) is 21.7 Å². The van der Waals surface area contributed by atoms with Crippen LogP contribution in [0.2, 0.25) is 0 Å². The quantitative estimate of drug-likeness (QED) is 0.0981. The van der Waals surface area contributed by atoms with Gasteiger partial charge in [-0.05, 0) is 27.7 Å². The van der Waals surface area contributed by atoms with E-state index in [2.05, 4.69) is 47.6 Å². The molecule has 0 aromatic heterocycles. The molecular formula is C30H28F8O2Ti. The van der Waals surface area contributed by atoms with Crippen LogP contribution >= 0.6 is 0 Å². The summed E-state index contributed by atoms with van der Waals surface area (Å²) in [5.41, 5.74) is 2.69. The first kappa shape index (κ1) is 37.9. The molecule has 0 saturated heterocycles. The predicted octanol–water partition coefficient (Wildman–Crippen LogP) is 9.09. The molecule has 0 aliphatic carbocycles. The molecule has 4 rings (SSSR count). The molecule has 0 N–H and O–H groups in total. The molecular weight excluding hydrogens is 592 g/mol. The fraction of sp³-hybridized carbons (Fsp3) is 0.267. The average molecular weight is 620 g/mol. The maximum Gasteiger partial charge on any atom is 4.00 e. The third-order valence-corrected chi connectivity index (χ3v) is 4.37. The van der Waals surface area contributed by atoms with Crippen molar-refractivity contribution in [2.75, 3.05) is 0 Å². The monoisotopic (exact) mass is 620 g/mol. The first-order valence-electron chi connectivity index (χ1n) is 11.9. The minimum atomic E-state index is -1.60. The zero-order valence-electron chi connectivity index (χ0n) is 23.1. The van der Waals surface area contributed by atoms with Gasteiger partial charge in [-0.2, -0.15) is 35.4 Å². The summed E-state index contributed by atoms with van der Waals surface area (Å²) in [7, 11) is 0. The van der Waals surface area contributed by atoms with Crippen molar-refractivity contribution in [1.29, 1.82) is 0 Å². The van der Waals surface area contributed by atoms with E-state index in [1.165, 1.54) is 51.0 Å². The normalized spacial score (nSPS) is 9.95. The Bertz CT molecular complexity index is 1150. The molecule has 4 aromatic rings. The second kappa shape index (κ2) is 18.4. The number of rotatable bonds is 4. The van der Waals surface area contributed by atoms with Gasteiger partial charge in [0.25, 0.3) is 0 Å². The van der Waals surface area contributed by atoms with E-state index in [0.717, 1.165) is 0 Å². The smallest absolute Gasteiger partial charge is 0.510 e. The van der Waals surface area contributed by atoms with E-state index in [9.17, 15) is 35.1 Å². The van der Waals surface area contributed by atoms with Crippen molar-refractivity contribution in [2.24, 2.45) is 0 Å². The average Bonchev–Trinajstić information content (AvgIpc) is 3.56. The zero-order chi connectivity index (χ0) is 30.6. The summed E-state index contributed by atoms with van der Waals surface area (Å²) in [5.74, 6) is -14.8. The Balaban J connectivity index is 0.000000552. The van der Waals surface area contributed by atoms with Crippen molar-refractivity contribution in [3.05, 3.63) is 118 Å². The van der Waals surface area contributed by atoms with Gasteiger partial charge in [0.1, 0.15) is 0 Å². The van der Waals surface area contributed by atoms with E-state index in [1.54, 1.807) is 0 Å². The Morgan fingerprint density at radius 1 is 0.512 bits per heavy atom. The van der Waals surface area contributed by atoms with Gasteiger partial charge in [-0.25, -0.2) is 41.8 Å². The second-order valence-corrected chi connectivity index (χ2v) is 8.68. The van der Waals surface area contributed by atoms with Crippen molar-refractivity contribution in [3.8, 4) is 11.5 Å². The van der Waals surface area contributed by atoms with Crippen LogP contribution in [0.1, 0.15) is 38.8 Å². The fourth-order valence-electron chi connectivity index (χ4n) is 2.62. The predicted molar refractivity (Wildman–Crippen MR) is 135 cm³/mol. The molecule has 0 bridgehead atoms. The molecule has 0 atom stereocenters. The van der Waals surface area contributed by atoms with Gasteiger partial charge >= 0.3 is 21.7 Å². The van der Waals surface area contributed by atoms with Crippen LogP contribution in [0, 0.1) is 72.5 Å². The minimum Gasteiger partial charge on any atom is -0.510 e. The summed E-state index contributed by atoms with van der Waals surface area (Å²) >= 11 is 0. The Kier molecular flexibility index (Phi) is 17.0. The van der Waals surface area contributed by atoms with Crippen molar-refractivity contribution < 1.29 is 66.3 Å². The molecule has 0 aliphatic rings. The third kappa shape index (κ3) is 13.0. The van der Waals surface area contributed by atoms with Gasteiger partial charge in [0.15, 0.2) is 0 Å². The molecule has 0 aliphatic heterocycles. The molecule has 41 heavy (non-hydrogen) atoms. The van der Waals surface area contributed by atoms with E-state index < -0.39 is 70.2 Å². The van der Waals surface area contributed by atoms with Crippen LogP contribution in [0.25, 0.3) is 0 Å². The number of benzene rings is 2. The molecule has 0 saturated carbocycles. The molecule has 0 unspecified atom stereocenters. The fourth-order valence-corrected chi connectivity index (χ4v) is 2.62. The Morgan fingerprint density at radius 3 is 0.878 bits per heavy atom. The van der Waals surface area contributed by atoms with Crippen LogP contribution in [-0.2, 0) is 21.7 Å². The summed E-state index contributed by atoms with van der Waals surface area (Å²) in [4.78, 5) is 0. The Labute approximate surface area is 249 Å². The number of hydrogen-bond donors (Lipinski definition) is 0. The van der Waals surface area contributed by atoms with E-state index in [0.29, 0.717) is 0 Å². The van der Waals surface area contributed by atoms with E-state index >= 15 is 0 Å². The van der Waals surface area contributed by atoms with E-state index in [1.807, 2.05) is 24.3 Å². The van der Waals surface area contributed by atoms with E-state index in [4.69, 9.17) is 0 Å². The topological polar surface area (TPSA) is 18.5 Å². The van der Waals surface area contributed by atoms with Gasteiger partial charge in [-0.3, -0.25) is 17.6 Å². The summed E-state index contributed by atoms with van der Waals surface area (Å²) in [6.07, 6.45) is -1.17. The molecule has 4 aromatic carbocycles. The molecule has 0 amide bonds. The maximum atomic E-state index is 12.9. The van der Waals surface area contributed by atoms with Gasteiger partial charge in [0.05, 0.1) is 70.2 Å². The van der Waals surface area contributed by atoms with Crippen LogP contribution in [0.5, 0.6) is 11.5 Å². The van der Waals surface area contributed by atoms with Crippen LogP contribution in [0.3, 0.4) is 0 Å². The van der Waals surface area contributed by atoms with Crippen molar-refractivity contribution >= 4 is 0 Å². The molecule has 0 radical (unpaired) electrons. The van der Waals surface area contributed by atoms with Crippen LogP contribution in [-0.4, -0.2) is 12.2 Å². The number of aryl methyl sites for hydroxylation is 2. The van der Waals surface area contributed by atoms with Gasteiger partial charge in [-0.15, -0.1) is 12.1 Å². The Hall–Kier alpha value is -3.11. The van der Waals surface area contributed by atoms with Gasteiger partial charge < -0.3 is 9.47 Å². The SMILES string of the molecule is CC(C)Oc1c(F)c(F)[c-]c(F)c1F.CC(C)Oc1c(F)c(F)[c-]c(F)c1F.C[c-]1cccc1.C[c-]1cccc1.[Ti+4]. The first-order valence-corrected chi connectivity index (χ1v) is 11.9. The summed E-state index contributed by atoms with van der Waals surface area (Å²) in [6, 6.07) is 19.0. The molecule has 0 fully saturated rings. The molecule has 2 nitrogen and oxygen atoms in total. The molecule has 0 heterocycles. The number of halogens is 8. The number of hydrogen-bond acceptors (Lipinski definition) is 2. The van der Waals surface area contributed by atoms with Crippen LogP contribution < -0.4 is 9.47 Å². The third-order valence-electron chi connectivity index (χ3n) is 4.37. The summed E-state index contributed by atoms with van der Waals surface area (Å²) < 4.78 is 111. The Morgan fingerprint density at radius 2 is 0.732 bits per heavy atom. The minimum absolute atomic E-state index is 0. The standard InChI is InChI=1S/2C9H7F4O.2C6H7.Ti/c2*1-4(2)14-9-7(12)5(10)3-6(11)8(9)13;2*1-6-4-2-3-5-6;/h2*4H,1-2H3;2*2-5H,1H3;/q4*-1;+4. The summed E-state index contributed by atoms with van der Waals surface area (Å²) in [6.45, 7) is 10.1.